The number of halogens is 1. The van der Waals surface area contributed by atoms with Crippen LogP contribution in [0.5, 0.6) is 0 Å². The van der Waals surface area contributed by atoms with Gasteiger partial charge in [0.25, 0.3) is 0 Å². The van der Waals surface area contributed by atoms with Crippen molar-refractivity contribution in [3.05, 3.63) is 47.4 Å². The molecule has 106 valence electrons. The summed E-state index contributed by atoms with van der Waals surface area (Å²) in [4.78, 5) is 7.82. The largest absolute Gasteiger partial charge is 0.340 e. The quantitative estimate of drug-likeness (QED) is 0.824. The first-order valence-electron chi connectivity index (χ1n) is 5.70. The molecule has 0 aliphatic rings. The Labute approximate surface area is 122 Å². The van der Waals surface area contributed by atoms with Gasteiger partial charge in [0.1, 0.15) is 17.3 Å². The van der Waals surface area contributed by atoms with Crippen molar-refractivity contribution >= 4 is 33.1 Å². The third-order valence-corrected chi connectivity index (χ3v) is 3.25. The lowest BCUT2D eigenvalue weighted by atomic mass is 10.2. The van der Waals surface area contributed by atoms with Crippen molar-refractivity contribution in [2.45, 2.75) is 6.54 Å². The molecule has 1 heterocycles. The van der Waals surface area contributed by atoms with E-state index in [0.29, 0.717) is 11.0 Å². The summed E-state index contributed by atoms with van der Waals surface area (Å²) in [6.45, 7) is 0.235. The Balaban J connectivity index is 2.10. The number of rotatable bonds is 5. The number of sulfonamides is 1. The molecule has 1 aromatic carbocycles. The van der Waals surface area contributed by atoms with E-state index in [4.69, 9.17) is 11.6 Å². The van der Waals surface area contributed by atoms with E-state index in [1.54, 1.807) is 6.07 Å². The van der Waals surface area contributed by atoms with Gasteiger partial charge in [0, 0.05) is 18.3 Å². The van der Waals surface area contributed by atoms with Crippen molar-refractivity contribution < 1.29 is 8.42 Å². The fourth-order valence-corrected chi connectivity index (χ4v) is 2.10. The van der Waals surface area contributed by atoms with Crippen molar-refractivity contribution in [2.75, 3.05) is 11.6 Å². The standard InChI is InChI=1S/C12H13ClN4O2S/c1-20(18,19)16-7-9-3-2-4-10(5-9)17-12-6-11(13)14-8-15-12/h2-6,8,16H,7H2,1H3,(H,14,15,17). The van der Waals surface area contributed by atoms with Crippen LogP contribution in [-0.2, 0) is 16.6 Å². The molecule has 0 unspecified atom stereocenters. The second-order valence-electron chi connectivity index (χ2n) is 4.14. The maximum absolute atomic E-state index is 11.1. The molecule has 0 aliphatic carbocycles. The van der Waals surface area contributed by atoms with Crippen LogP contribution in [0, 0.1) is 0 Å². The van der Waals surface area contributed by atoms with Crippen LogP contribution in [0.2, 0.25) is 5.15 Å². The molecule has 6 nitrogen and oxygen atoms in total. The zero-order chi connectivity index (χ0) is 14.6. The fourth-order valence-electron chi connectivity index (χ4n) is 1.52. The smallest absolute Gasteiger partial charge is 0.209 e. The molecule has 0 aliphatic heterocycles. The van der Waals surface area contributed by atoms with Crippen LogP contribution in [-0.4, -0.2) is 24.6 Å². The first kappa shape index (κ1) is 14.7. The third kappa shape index (κ3) is 4.76. The highest BCUT2D eigenvalue weighted by Gasteiger charge is 2.03. The van der Waals surface area contributed by atoms with Crippen molar-refractivity contribution in [3.8, 4) is 0 Å². The number of nitrogens with one attached hydrogen (secondary N) is 2. The van der Waals surface area contributed by atoms with Crippen LogP contribution in [0.25, 0.3) is 0 Å². The molecule has 0 fully saturated rings. The summed E-state index contributed by atoms with van der Waals surface area (Å²) >= 11 is 5.77. The summed E-state index contributed by atoms with van der Waals surface area (Å²) in [6.07, 6.45) is 2.48. The Morgan fingerprint density at radius 1 is 1.25 bits per heavy atom. The average Bonchev–Trinajstić information content (AvgIpc) is 2.36. The van der Waals surface area contributed by atoms with Gasteiger partial charge in [0.05, 0.1) is 6.26 Å². The molecule has 0 saturated carbocycles. The zero-order valence-electron chi connectivity index (χ0n) is 10.7. The molecule has 0 amide bonds. The van der Waals surface area contributed by atoms with Crippen LogP contribution in [0.3, 0.4) is 0 Å². The Bertz CT molecular complexity index is 706. The SMILES string of the molecule is CS(=O)(=O)NCc1cccc(Nc2cc(Cl)ncn2)c1. The van der Waals surface area contributed by atoms with Crippen LogP contribution < -0.4 is 10.0 Å². The van der Waals surface area contributed by atoms with Crippen molar-refractivity contribution in [2.24, 2.45) is 0 Å². The average molecular weight is 313 g/mol. The fraction of sp³-hybridized carbons (Fsp3) is 0.167. The summed E-state index contributed by atoms with van der Waals surface area (Å²) in [5.41, 5.74) is 1.62. The summed E-state index contributed by atoms with van der Waals surface area (Å²) in [5, 5.41) is 3.41. The van der Waals surface area contributed by atoms with E-state index in [1.807, 2.05) is 24.3 Å². The lowest BCUT2D eigenvalue weighted by Crippen LogP contribution is -2.21. The number of hydrogen-bond donors (Lipinski definition) is 2. The van der Waals surface area contributed by atoms with E-state index in [9.17, 15) is 8.42 Å². The Kier molecular flexibility index (Phi) is 4.53. The van der Waals surface area contributed by atoms with Crippen molar-refractivity contribution in [3.63, 3.8) is 0 Å². The molecule has 1 aromatic heterocycles. The number of aromatic nitrogens is 2. The highest BCUT2D eigenvalue weighted by molar-refractivity contribution is 7.88. The molecule has 8 heteroatoms. The van der Waals surface area contributed by atoms with Gasteiger partial charge in [-0.05, 0) is 17.7 Å². The summed E-state index contributed by atoms with van der Waals surface area (Å²) in [6, 6.07) is 8.93. The molecule has 2 N–H and O–H groups in total. The minimum Gasteiger partial charge on any atom is -0.340 e. The molecule has 2 aromatic rings. The van der Waals surface area contributed by atoms with E-state index in [-0.39, 0.29) is 6.54 Å². The maximum Gasteiger partial charge on any atom is 0.209 e. The number of anilines is 2. The Morgan fingerprint density at radius 3 is 2.75 bits per heavy atom. The molecular formula is C12H13ClN4O2S. The molecule has 20 heavy (non-hydrogen) atoms. The maximum atomic E-state index is 11.1. The van der Waals surface area contributed by atoms with E-state index in [1.165, 1.54) is 6.33 Å². The second-order valence-corrected chi connectivity index (χ2v) is 6.36. The van der Waals surface area contributed by atoms with E-state index in [2.05, 4.69) is 20.0 Å². The Hall–Kier alpha value is -1.70. The number of benzene rings is 1. The van der Waals surface area contributed by atoms with Gasteiger partial charge in [-0.1, -0.05) is 23.7 Å². The van der Waals surface area contributed by atoms with E-state index >= 15 is 0 Å². The van der Waals surface area contributed by atoms with Gasteiger partial charge in [-0.25, -0.2) is 23.1 Å². The normalized spacial score (nSPS) is 11.3. The van der Waals surface area contributed by atoms with Gasteiger partial charge < -0.3 is 5.32 Å². The Morgan fingerprint density at radius 2 is 2.05 bits per heavy atom. The summed E-state index contributed by atoms with van der Waals surface area (Å²) in [5.74, 6) is 0.568. The van der Waals surface area contributed by atoms with Crippen LogP contribution >= 0.6 is 11.6 Å². The zero-order valence-corrected chi connectivity index (χ0v) is 12.2. The third-order valence-electron chi connectivity index (χ3n) is 2.37. The highest BCUT2D eigenvalue weighted by atomic mass is 35.5. The molecule has 0 radical (unpaired) electrons. The van der Waals surface area contributed by atoms with Crippen LogP contribution in [0.15, 0.2) is 36.7 Å². The van der Waals surface area contributed by atoms with Gasteiger partial charge in [0.15, 0.2) is 0 Å². The second kappa shape index (κ2) is 6.17. The first-order valence-corrected chi connectivity index (χ1v) is 7.97. The summed E-state index contributed by atoms with van der Waals surface area (Å²) < 4.78 is 24.6. The lowest BCUT2D eigenvalue weighted by Gasteiger charge is -2.08. The van der Waals surface area contributed by atoms with Crippen molar-refractivity contribution in [1.82, 2.24) is 14.7 Å². The van der Waals surface area contributed by atoms with Gasteiger partial charge in [-0.15, -0.1) is 0 Å². The van der Waals surface area contributed by atoms with E-state index < -0.39 is 10.0 Å². The minimum atomic E-state index is -3.21. The number of hydrogen-bond acceptors (Lipinski definition) is 5. The topological polar surface area (TPSA) is 84.0 Å². The minimum absolute atomic E-state index is 0.235. The molecular weight excluding hydrogens is 300 g/mol. The number of nitrogens with zero attached hydrogens (tertiary/aromatic N) is 2. The first-order chi connectivity index (χ1) is 9.42. The monoisotopic (exact) mass is 312 g/mol. The van der Waals surface area contributed by atoms with Crippen molar-refractivity contribution in [1.29, 1.82) is 0 Å². The van der Waals surface area contributed by atoms with E-state index in [0.717, 1.165) is 17.5 Å². The van der Waals surface area contributed by atoms with Crippen LogP contribution in [0.4, 0.5) is 11.5 Å². The molecule has 0 saturated heterocycles. The molecule has 0 spiro atoms. The van der Waals surface area contributed by atoms with Gasteiger partial charge in [-0.2, -0.15) is 0 Å². The predicted molar refractivity (Wildman–Crippen MR) is 78.5 cm³/mol. The van der Waals surface area contributed by atoms with Gasteiger partial charge in [-0.3, -0.25) is 0 Å². The predicted octanol–water partition coefficient (Wildman–Crippen LogP) is 1.92. The van der Waals surface area contributed by atoms with Crippen LogP contribution in [0.1, 0.15) is 5.56 Å². The molecule has 0 atom stereocenters. The van der Waals surface area contributed by atoms with Gasteiger partial charge in [0.2, 0.25) is 10.0 Å². The molecule has 2 rings (SSSR count). The highest BCUT2D eigenvalue weighted by Crippen LogP contribution is 2.17. The molecule has 0 bridgehead atoms. The summed E-state index contributed by atoms with van der Waals surface area (Å²) in [7, 11) is -3.21. The lowest BCUT2D eigenvalue weighted by molar-refractivity contribution is 0.587. The van der Waals surface area contributed by atoms with Gasteiger partial charge >= 0.3 is 0 Å².